The van der Waals surface area contributed by atoms with E-state index in [2.05, 4.69) is 0 Å². The predicted octanol–water partition coefficient (Wildman–Crippen LogP) is 3.96. The van der Waals surface area contributed by atoms with Crippen molar-refractivity contribution in [2.45, 2.75) is 31.7 Å². The van der Waals surface area contributed by atoms with Gasteiger partial charge in [-0.15, -0.1) is 0 Å². The molecule has 8 heteroatoms. The lowest BCUT2D eigenvalue weighted by atomic mass is 9.95. The van der Waals surface area contributed by atoms with E-state index in [1.165, 1.54) is 29.2 Å². The molecule has 3 rings (SSSR count). The third kappa shape index (κ3) is 5.39. The van der Waals surface area contributed by atoms with E-state index in [1.807, 2.05) is 31.1 Å². The standard InChI is InChI=1S/C25H27FN2O5/c1-27(2)19-13-9-16(10-14-19)22-21(23(31)17-7-11-18(26)12-8-17)24(32)25(33)28(22)15-5-3-4-6-20(29)30/h7-14,22,31H,3-6,15H2,1-2H3,(H,29,30)/b23-21-. The van der Waals surface area contributed by atoms with Gasteiger partial charge in [-0.2, -0.15) is 0 Å². The Morgan fingerprint density at radius 2 is 1.61 bits per heavy atom. The number of benzene rings is 2. The molecule has 7 nitrogen and oxygen atoms in total. The Morgan fingerprint density at radius 3 is 2.18 bits per heavy atom. The van der Waals surface area contributed by atoms with E-state index in [0.717, 1.165) is 5.69 Å². The summed E-state index contributed by atoms with van der Waals surface area (Å²) in [4.78, 5) is 39.9. The quantitative estimate of drug-likeness (QED) is 0.258. The van der Waals surface area contributed by atoms with Gasteiger partial charge in [0.25, 0.3) is 11.7 Å². The molecule has 1 aliphatic heterocycles. The van der Waals surface area contributed by atoms with E-state index >= 15 is 0 Å². The normalized spacial score (nSPS) is 17.4. The van der Waals surface area contributed by atoms with E-state index in [0.29, 0.717) is 24.8 Å². The van der Waals surface area contributed by atoms with E-state index in [-0.39, 0.29) is 29.9 Å². The van der Waals surface area contributed by atoms with Gasteiger partial charge >= 0.3 is 5.97 Å². The lowest BCUT2D eigenvalue weighted by molar-refractivity contribution is -0.140. The molecule has 2 aromatic rings. The SMILES string of the molecule is CN(C)c1ccc(C2/C(=C(/O)c3ccc(F)cc3)C(=O)C(=O)N2CCCCCC(=O)O)cc1. The Kier molecular flexibility index (Phi) is 7.48. The van der Waals surface area contributed by atoms with Crippen LogP contribution in [0.3, 0.4) is 0 Å². The zero-order valence-corrected chi connectivity index (χ0v) is 18.6. The molecule has 0 bridgehead atoms. The van der Waals surface area contributed by atoms with Crippen molar-refractivity contribution in [1.29, 1.82) is 0 Å². The molecule has 33 heavy (non-hydrogen) atoms. The Balaban J connectivity index is 1.98. The lowest BCUT2D eigenvalue weighted by Gasteiger charge is -2.26. The maximum absolute atomic E-state index is 13.4. The first-order valence-electron chi connectivity index (χ1n) is 10.7. The highest BCUT2D eigenvalue weighted by Gasteiger charge is 2.45. The number of nitrogens with zero attached hydrogens (tertiary/aromatic N) is 2. The maximum Gasteiger partial charge on any atom is 0.303 e. The van der Waals surface area contributed by atoms with Crippen molar-refractivity contribution in [1.82, 2.24) is 4.90 Å². The zero-order valence-electron chi connectivity index (χ0n) is 18.6. The smallest absolute Gasteiger partial charge is 0.303 e. The van der Waals surface area contributed by atoms with Crippen molar-refractivity contribution < 1.29 is 29.0 Å². The van der Waals surface area contributed by atoms with Crippen molar-refractivity contribution >= 4 is 29.1 Å². The number of unbranched alkanes of at least 4 members (excludes halogenated alkanes) is 2. The van der Waals surface area contributed by atoms with Gasteiger partial charge in [-0.25, -0.2) is 4.39 Å². The van der Waals surface area contributed by atoms with Crippen LogP contribution in [-0.2, 0) is 14.4 Å². The number of amides is 1. The molecule has 1 unspecified atom stereocenters. The van der Waals surface area contributed by atoms with Crippen LogP contribution in [0.2, 0.25) is 0 Å². The first kappa shape index (κ1) is 24.0. The number of carbonyl (C=O) groups excluding carboxylic acids is 2. The first-order valence-corrected chi connectivity index (χ1v) is 10.7. The van der Waals surface area contributed by atoms with Gasteiger partial charge in [-0.3, -0.25) is 14.4 Å². The minimum Gasteiger partial charge on any atom is -0.507 e. The molecule has 0 radical (unpaired) electrons. The van der Waals surface area contributed by atoms with Crippen molar-refractivity contribution in [3.05, 3.63) is 71.0 Å². The number of carboxylic acid groups (broad SMARTS) is 1. The fourth-order valence-electron chi connectivity index (χ4n) is 3.91. The number of aliphatic carboxylic acids is 1. The van der Waals surface area contributed by atoms with E-state index in [4.69, 9.17) is 5.11 Å². The number of halogens is 1. The van der Waals surface area contributed by atoms with Crippen LogP contribution >= 0.6 is 0 Å². The molecule has 1 heterocycles. The summed E-state index contributed by atoms with van der Waals surface area (Å²) in [5.41, 5.74) is 1.79. The van der Waals surface area contributed by atoms with Crippen LogP contribution in [0.15, 0.2) is 54.1 Å². The molecule has 1 aliphatic rings. The van der Waals surface area contributed by atoms with Gasteiger partial charge in [0.1, 0.15) is 11.6 Å². The van der Waals surface area contributed by atoms with E-state index in [1.54, 1.807) is 12.1 Å². The van der Waals surface area contributed by atoms with Crippen LogP contribution in [0.4, 0.5) is 10.1 Å². The topological polar surface area (TPSA) is 98.2 Å². The summed E-state index contributed by atoms with van der Waals surface area (Å²) in [5, 5.41) is 19.8. The average Bonchev–Trinajstić information content (AvgIpc) is 3.03. The number of rotatable bonds is 9. The summed E-state index contributed by atoms with van der Waals surface area (Å²) in [6, 6.07) is 11.6. The summed E-state index contributed by atoms with van der Waals surface area (Å²) in [7, 11) is 3.79. The molecule has 1 atom stereocenters. The second-order valence-corrected chi connectivity index (χ2v) is 8.19. The molecular weight excluding hydrogens is 427 g/mol. The summed E-state index contributed by atoms with van der Waals surface area (Å²) in [5.74, 6) is -3.24. The highest BCUT2D eigenvalue weighted by atomic mass is 19.1. The number of aliphatic hydroxyl groups excluding tert-OH is 1. The fraction of sp³-hybridized carbons (Fsp3) is 0.320. The van der Waals surface area contributed by atoms with Gasteiger partial charge in [-0.1, -0.05) is 18.6 Å². The number of likely N-dealkylation sites (tertiary alicyclic amines) is 1. The van der Waals surface area contributed by atoms with Crippen LogP contribution < -0.4 is 4.90 Å². The van der Waals surface area contributed by atoms with Crippen LogP contribution in [-0.4, -0.2) is 53.4 Å². The molecule has 0 saturated carbocycles. The Morgan fingerprint density at radius 1 is 0.970 bits per heavy atom. The predicted molar refractivity (Wildman–Crippen MR) is 122 cm³/mol. The van der Waals surface area contributed by atoms with Crippen LogP contribution in [0.25, 0.3) is 5.76 Å². The van der Waals surface area contributed by atoms with Gasteiger partial charge in [0.05, 0.1) is 11.6 Å². The molecule has 2 aromatic carbocycles. The Hall–Kier alpha value is -3.68. The van der Waals surface area contributed by atoms with E-state index < -0.39 is 29.5 Å². The van der Waals surface area contributed by atoms with Gasteiger partial charge in [-0.05, 0) is 54.8 Å². The minimum atomic E-state index is -0.879. The van der Waals surface area contributed by atoms with Gasteiger partial charge in [0.2, 0.25) is 0 Å². The summed E-state index contributed by atoms with van der Waals surface area (Å²) >= 11 is 0. The van der Waals surface area contributed by atoms with E-state index in [9.17, 15) is 23.9 Å². The van der Waals surface area contributed by atoms with Crippen LogP contribution in [0.1, 0.15) is 42.9 Å². The van der Waals surface area contributed by atoms with Gasteiger partial charge < -0.3 is 20.0 Å². The highest BCUT2D eigenvalue weighted by Crippen LogP contribution is 2.40. The molecular formula is C25H27FN2O5. The van der Waals surface area contributed by atoms with Crippen molar-refractivity contribution in [2.24, 2.45) is 0 Å². The molecule has 1 fully saturated rings. The molecule has 0 spiro atoms. The molecule has 2 N–H and O–H groups in total. The van der Waals surface area contributed by atoms with Crippen molar-refractivity contribution in [3.8, 4) is 0 Å². The minimum absolute atomic E-state index is 0.0405. The number of ketones is 1. The third-order valence-corrected chi connectivity index (χ3v) is 5.67. The largest absolute Gasteiger partial charge is 0.507 e. The van der Waals surface area contributed by atoms with Gasteiger partial charge in [0, 0.05) is 38.3 Å². The molecule has 0 aliphatic carbocycles. The second-order valence-electron chi connectivity index (χ2n) is 8.19. The molecule has 0 aromatic heterocycles. The third-order valence-electron chi connectivity index (χ3n) is 5.67. The average molecular weight is 454 g/mol. The van der Waals surface area contributed by atoms with Crippen molar-refractivity contribution in [2.75, 3.05) is 25.5 Å². The highest BCUT2D eigenvalue weighted by molar-refractivity contribution is 6.46. The lowest BCUT2D eigenvalue weighted by Crippen LogP contribution is -2.30. The number of carboxylic acids is 1. The van der Waals surface area contributed by atoms with Crippen LogP contribution in [0, 0.1) is 5.82 Å². The number of hydrogen-bond acceptors (Lipinski definition) is 5. The fourth-order valence-corrected chi connectivity index (χ4v) is 3.91. The number of carbonyl (C=O) groups is 3. The number of Topliss-reactive ketones (excluding diaryl/α,β-unsaturated/α-hetero) is 1. The summed E-state index contributed by atoms with van der Waals surface area (Å²) in [6.07, 6.45) is 1.61. The maximum atomic E-state index is 13.4. The number of aliphatic hydroxyl groups is 1. The number of hydrogen-bond donors (Lipinski definition) is 2. The second kappa shape index (κ2) is 10.3. The van der Waals surface area contributed by atoms with Gasteiger partial charge in [0.15, 0.2) is 0 Å². The summed E-state index contributed by atoms with van der Waals surface area (Å²) in [6.45, 7) is 0.241. The number of anilines is 1. The molecule has 1 amide bonds. The first-order chi connectivity index (χ1) is 15.7. The Labute approximate surface area is 191 Å². The molecule has 174 valence electrons. The van der Waals surface area contributed by atoms with Crippen LogP contribution in [0.5, 0.6) is 0 Å². The zero-order chi connectivity index (χ0) is 24.1. The Bertz CT molecular complexity index is 1060. The molecule has 1 saturated heterocycles. The summed E-state index contributed by atoms with van der Waals surface area (Å²) < 4.78 is 13.4. The van der Waals surface area contributed by atoms with Crippen molar-refractivity contribution in [3.63, 3.8) is 0 Å². The monoisotopic (exact) mass is 454 g/mol.